The highest BCUT2D eigenvalue weighted by molar-refractivity contribution is 6.21. The molecule has 2 fully saturated rings. The number of halogens is 1. The summed E-state index contributed by atoms with van der Waals surface area (Å²) >= 11 is 6.17. The molecule has 0 amide bonds. The molecule has 2 rings (SSSR count). The first-order valence-corrected chi connectivity index (χ1v) is 4.36. The van der Waals surface area contributed by atoms with Gasteiger partial charge in [0.05, 0.1) is 0 Å². The van der Waals surface area contributed by atoms with Crippen LogP contribution in [0.2, 0.25) is 0 Å². The third-order valence-electron chi connectivity index (χ3n) is 3.14. The average Bonchev–Trinajstić information content (AvgIpc) is 2.25. The molecule has 2 aliphatic rings. The van der Waals surface area contributed by atoms with Crippen molar-refractivity contribution in [3.8, 4) is 0 Å². The van der Waals surface area contributed by atoms with E-state index in [2.05, 4.69) is 6.92 Å². The zero-order valence-electron chi connectivity index (χ0n) is 5.81. The van der Waals surface area contributed by atoms with Crippen LogP contribution in [0.1, 0.15) is 26.2 Å². The maximum absolute atomic E-state index is 6.17. The predicted molar refractivity (Wildman–Crippen MR) is 39.6 cm³/mol. The van der Waals surface area contributed by atoms with Crippen molar-refractivity contribution in [1.29, 1.82) is 0 Å². The zero-order valence-corrected chi connectivity index (χ0v) is 6.56. The molecule has 0 aliphatic heterocycles. The number of fused-ring (bicyclic) bond motifs is 2. The maximum atomic E-state index is 6.17. The van der Waals surface area contributed by atoms with Crippen molar-refractivity contribution in [2.45, 2.75) is 31.6 Å². The molecular weight excluding hydrogens is 132 g/mol. The second-order valence-corrected chi connectivity index (χ2v) is 4.16. The van der Waals surface area contributed by atoms with E-state index in [1.807, 2.05) is 0 Å². The van der Waals surface area contributed by atoms with Crippen LogP contribution in [0.25, 0.3) is 0 Å². The average molecular weight is 145 g/mol. The molecule has 0 radical (unpaired) electrons. The van der Waals surface area contributed by atoms with Gasteiger partial charge >= 0.3 is 0 Å². The van der Waals surface area contributed by atoms with E-state index in [0.29, 0.717) is 5.38 Å². The standard InChI is InChI=1S/C8H13Cl/c1-5-4-6-2-3-7(5)8(6)9/h5-8H,2-4H2,1H3/t5-,6?,7?,8+/m1/s1. The molecule has 0 aromatic carbocycles. The largest absolute Gasteiger partial charge is 0.122 e. The van der Waals surface area contributed by atoms with E-state index in [1.165, 1.54) is 19.3 Å². The molecule has 0 spiro atoms. The lowest BCUT2D eigenvalue weighted by Crippen LogP contribution is -2.08. The van der Waals surface area contributed by atoms with Gasteiger partial charge in [-0.3, -0.25) is 0 Å². The Morgan fingerprint density at radius 2 is 2.11 bits per heavy atom. The van der Waals surface area contributed by atoms with Crippen molar-refractivity contribution >= 4 is 11.6 Å². The topological polar surface area (TPSA) is 0 Å². The van der Waals surface area contributed by atoms with Gasteiger partial charge in [-0.05, 0) is 37.0 Å². The van der Waals surface area contributed by atoms with Gasteiger partial charge in [0.2, 0.25) is 0 Å². The Hall–Kier alpha value is 0.290. The summed E-state index contributed by atoms with van der Waals surface area (Å²) in [6.07, 6.45) is 4.21. The second kappa shape index (κ2) is 1.88. The fourth-order valence-corrected chi connectivity index (χ4v) is 3.18. The quantitative estimate of drug-likeness (QED) is 0.459. The molecule has 0 nitrogen and oxygen atoms in total. The van der Waals surface area contributed by atoms with E-state index >= 15 is 0 Å². The van der Waals surface area contributed by atoms with Gasteiger partial charge in [0.15, 0.2) is 0 Å². The van der Waals surface area contributed by atoms with Gasteiger partial charge in [-0.1, -0.05) is 6.92 Å². The molecule has 2 bridgehead atoms. The van der Waals surface area contributed by atoms with Crippen LogP contribution in [0.3, 0.4) is 0 Å². The molecule has 0 heterocycles. The van der Waals surface area contributed by atoms with Crippen molar-refractivity contribution < 1.29 is 0 Å². The summed E-state index contributed by atoms with van der Waals surface area (Å²) in [6, 6.07) is 0. The molecule has 2 saturated carbocycles. The monoisotopic (exact) mass is 144 g/mol. The molecule has 0 N–H and O–H groups in total. The Labute approximate surface area is 61.6 Å². The second-order valence-electron chi connectivity index (χ2n) is 3.66. The number of rotatable bonds is 0. The van der Waals surface area contributed by atoms with E-state index in [1.54, 1.807) is 0 Å². The number of alkyl halides is 1. The van der Waals surface area contributed by atoms with Crippen LogP contribution in [0.4, 0.5) is 0 Å². The summed E-state index contributed by atoms with van der Waals surface area (Å²) in [7, 11) is 0. The highest BCUT2D eigenvalue weighted by atomic mass is 35.5. The van der Waals surface area contributed by atoms with Gasteiger partial charge in [-0.2, -0.15) is 0 Å². The van der Waals surface area contributed by atoms with Crippen LogP contribution >= 0.6 is 11.6 Å². The van der Waals surface area contributed by atoms with Gasteiger partial charge in [0, 0.05) is 5.38 Å². The van der Waals surface area contributed by atoms with Crippen LogP contribution in [0.15, 0.2) is 0 Å². The van der Waals surface area contributed by atoms with Gasteiger partial charge < -0.3 is 0 Å². The third kappa shape index (κ3) is 0.724. The predicted octanol–water partition coefficient (Wildman–Crippen LogP) is 2.66. The lowest BCUT2D eigenvalue weighted by molar-refractivity contribution is 0.360. The molecule has 1 heteroatoms. The van der Waals surface area contributed by atoms with E-state index in [9.17, 15) is 0 Å². The third-order valence-corrected chi connectivity index (χ3v) is 3.82. The summed E-state index contributed by atoms with van der Waals surface area (Å²) in [5, 5.41) is 0.542. The minimum absolute atomic E-state index is 0.542. The maximum Gasteiger partial charge on any atom is 0.0395 e. The summed E-state index contributed by atoms with van der Waals surface area (Å²) in [4.78, 5) is 0. The molecular formula is C8H13Cl. The molecule has 4 atom stereocenters. The fraction of sp³-hybridized carbons (Fsp3) is 1.00. The zero-order chi connectivity index (χ0) is 6.43. The van der Waals surface area contributed by atoms with Crippen molar-refractivity contribution in [2.75, 3.05) is 0 Å². The van der Waals surface area contributed by atoms with Crippen molar-refractivity contribution in [1.82, 2.24) is 0 Å². The SMILES string of the molecule is C[C@@H]1CC2CCC1[C@H]2Cl. The highest BCUT2D eigenvalue weighted by Crippen LogP contribution is 2.50. The number of hydrogen-bond donors (Lipinski definition) is 0. The van der Waals surface area contributed by atoms with Crippen LogP contribution < -0.4 is 0 Å². The molecule has 2 aliphatic carbocycles. The molecule has 9 heavy (non-hydrogen) atoms. The van der Waals surface area contributed by atoms with Gasteiger partial charge in [0.25, 0.3) is 0 Å². The summed E-state index contributed by atoms with van der Waals surface area (Å²) in [5.41, 5.74) is 0. The van der Waals surface area contributed by atoms with E-state index < -0.39 is 0 Å². The summed E-state index contributed by atoms with van der Waals surface area (Å²) in [6.45, 7) is 2.35. The first kappa shape index (κ1) is 6.03. The summed E-state index contributed by atoms with van der Waals surface area (Å²) in [5.74, 6) is 2.68. The number of hydrogen-bond acceptors (Lipinski definition) is 0. The first-order valence-electron chi connectivity index (χ1n) is 3.93. The van der Waals surface area contributed by atoms with Gasteiger partial charge in [-0.25, -0.2) is 0 Å². The Morgan fingerprint density at radius 3 is 2.33 bits per heavy atom. The van der Waals surface area contributed by atoms with E-state index in [-0.39, 0.29) is 0 Å². The molecule has 0 aromatic rings. The molecule has 0 aromatic heterocycles. The van der Waals surface area contributed by atoms with Crippen LogP contribution in [-0.2, 0) is 0 Å². The highest BCUT2D eigenvalue weighted by Gasteiger charge is 2.44. The van der Waals surface area contributed by atoms with Gasteiger partial charge in [-0.15, -0.1) is 11.6 Å². The van der Waals surface area contributed by atoms with E-state index in [4.69, 9.17) is 11.6 Å². The lowest BCUT2D eigenvalue weighted by Gasteiger charge is -2.15. The van der Waals surface area contributed by atoms with E-state index in [0.717, 1.165) is 17.8 Å². The summed E-state index contributed by atoms with van der Waals surface area (Å²) < 4.78 is 0. The Balaban J connectivity index is 2.16. The fourth-order valence-electron chi connectivity index (χ4n) is 2.57. The minimum atomic E-state index is 0.542. The van der Waals surface area contributed by atoms with Crippen LogP contribution in [0.5, 0.6) is 0 Å². The van der Waals surface area contributed by atoms with Gasteiger partial charge in [0.1, 0.15) is 0 Å². The molecule has 0 saturated heterocycles. The molecule has 2 unspecified atom stereocenters. The smallest absolute Gasteiger partial charge is 0.0395 e. The van der Waals surface area contributed by atoms with Crippen LogP contribution in [-0.4, -0.2) is 5.38 Å². The normalized spacial score (nSPS) is 56.7. The van der Waals surface area contributed by atoms with Crippen molar-refractivity contribution in [3.05, 3.63) is 0 Å². The lowest BCUT2D eigenvalue weighted by atomic mass is 9.91. The van der Waals surface area contributed by atoms with Crippen molar-refractivity contribution in [3.63, 3.8) is 0 Å². The Bertz CT molecular complexity index is 122. The van der Waals surface area contributed by atoms with Crippen molar-refractivity contribution in [2.24, 2.45) is 17.8 Å². The minimum Gasteiger partial charge on any atom is -0.122 e. The Morgan fingerprint density at radius 1 is 1.33 bits per heavy atom. The van der Waals surface area contributed by atoms with Crippen LogP contribution in [0, 0.1) is 17.8 Å². The molecule has 52 valence electrons. The Kier molecular flexibility index (Phi) is 1.26. The first-order chi connectivity index (χ1) is 4.29.